The fourth-order valence-electron chi connectivity index (χ4n) is 2.34. The third kappa shape index (κ3) is 4.59. The van der Waals surface area contributed by atoms with Crippen molar-refractivity contribution in [3.8, 4) is 5.75 Å². The minimum atomic E-state index is -0.471. The molecule has 0 fully saturated rings. The van der Waals surface area contributed by atoms with Crippen LogP contribution in [0.15, 0.2) is 48.5 Å². The number of aliphatic hydroxyl groups is 1. The highest BCUT2D eigenvalue weighted by Crippen LogP contribution is 2.17. The largest absolute Gasteiger partial charge is 0.497 e. The first kappa shape index (κ1) is 15.5. The van der Waals surface area contributed by atoms with Crippen LogP contribution >= 0.6 is 0 Å². The Bertz CT molecular complexity index is 566. The molecule has 2 aromatic carbocycles. The zero-order chi connectivity index (χ0) is 15.2. The number of benzene rings is 2. The molecule has 1 atom stereocenters. The minimum Gasteiger partial charge on any atom is -0.497 e. The van der Waals surface area contributed by atoms with E-state index in [1.54, 1.807) is 7.11 Å². The molecular weight excluding hydrogens is 262 g/mol. The van der Waals surface area contributed by atoms with E-state index in [1.807, 2.05) is 56.4 Å². The van der Waals surface area contributed by atoms with Crippen LogP contribution in [0, 0.1) is 6.92 Å². The summed E-state index contributed by atoms with van der Waals surface area (Å²) in [5.41, 5.74) is 3.33. The number of nitrogens with zero attached hydrogens (tertiary/aromatic N) is 1. The molecule has 1 N–H and O–H groups in total. The average molecular weight is 285 g/mol. The van der Waals surface area contributed by atoms with E-state index in [9.17, 15) is 5.11 Å². The van der Waals surface area contributed by atoms with Crippen LogP contribution in [0.4, 0.5) is 0 Å². The number of rotatable bonds is 6. The van der Waals surface area contributed by atoms with Gasteiger partial charge in [-0.15, -0.1) is 0 Å². The fraction of sp³-hybridized carbons (Fsp3) is 0.333. The van der Waals surface area contributed by atoms with Crippen molar-refractivity contribution in [2.24, 2.45) is 0 Å². The molecule has 3 nitrogen and oxygen atoms in total. The van der Waals surface area contributed by atoms with Gasteiger partial charge in [-0.25, -0.2) is 0 Å². The zero-order valence-corrected chi connectivity index (χ0v) is 12.9. The molecule has 21 heavy (non-hydrogen) atoms. The third-order valence-corrected chi connectivity index (χ3v) is 3.53. The molecule has 0 saturated heterocycles. The van der Waals surface area contributed by atoms with Gasteiger partial charge in [-0.2, -0.15) is 0 Å². The number of aryl methyl sites for hydroxylation is 1. The van der Waals surface area contributed by atoms with Gasteiger partial charge in [0.25, 0.3) is 0 Å². The van der Waals surface area contributed by atoms with Gasteiger partial charge in [0, 0.05) is 13.1 Å². The lowest BCUT2D eigenvalue weighted by molar-refractivity contribution is 0.124. The average Bonchev–Trinajstić information content (AvgIpc) is 2.47. The lowest BCUT2D eigenvalue weighted by Crippen LogP contribution is -2.24. The highest BCUT2D eigenvalue weighted by molar-refractivity contribution is 5.28. The number of methoxy groups -OCH3 is 1. The summed E-state index contributed by atoms with van der Waals surface area (Å²) in [7, 11) is 3.68. The number of aliphatic hydroxyl groups excluding tert-OH is 1. The molecule has 0 heterocycles. The SMILES string of the molecule is COc1cccc(CN(C)CC(O)c2ccc(C)cc2)c1. The highest BCUT2D eigenvalue weighted by Gasteiger charge is 2.11. The van der Waals surface area contributed by atoms with Crippen LogP contribution in [0.3, 0.4) is 0 Å². The molecule has 3 heteroatoms. The normalized spacial score (nSPS) is 12.4. The number of ether oxygens (including phenoxy) is 1. The molecule has 2 rings (SSSR count). The van der Waals surface area contributed by atoms with Crippen LogP contribution in [0.2, 0.25) is 0 Å². The van der Waals surface area contributed by atoms with E-state index < -0.39 is 6.10 Å². The Morgan fingerprint density at radius 3 is 2.52 bits per heavy atom. The van der Waals surface area contributed by atoms with Gasteiger partial charge in [0.15, 0.2) is 0 Å². The minimum absolute atomic E-state index is 0.471. The second-order valence-corrected chi connectivity index (χ2v) is 5.47. The predicted molar refractivity (Wildman–Crippen MR) is 85.5 cm³/mol. The van der Waals surface area contributed by atoms with Gasteiger partial charge >= 0.3 is 0 Å². The molecule has 1 unspecified atom stereocenters. The summed E-state index contributed by atoms with van der Waals surface area (Å²) in [6, 6.07) is 16.0. The molecule has 0 aliphatic rings. The number of hydrogen-bond acceptors (Lipinski definition) is 3. The summed E-state index contributed by atoms with van der Waals surface area (Å²) in [5.74, 6) is 0.861. The quantitative estimate of drug-likeness (QED) is 0.885. The van der Waals surface area contributed by atoms with Crippen molar-refractivity contribution in [2.75, 3.05) is 20.7 Å². The summed E-state index contributed by atoms with van der Waals surface area (Å²) in [5, 5.41) is 10.3. The van der Waals surface area contributed by atoms with E-state index in [1.165, 1.54) is 11.1 Å². The zero-order valence-electron chi connectivity index (χ0n) is 12.9. The van der Waals surface area contributed by atoms with Crippen molar-refractivity contribution in [1.82, 2.24) is 4.90 Å². The summed E-state index contributed by atoms with van der Waals surface area (Å²) in [4.78, 5) is 2.11. The Morgan fingerprint density at radius 2 is 1.86 bits per heavy atom. The fourth-order valence-corrected chi connectivity index (χ4v) is 2.34. The molecule has 0 aromatic heterocycles. The number of likely N-dealkylation sites (N-methyl/N-ethyl adjacent to an activating group) is 1. The molecule has 0 spiro atoms. The van der Waals surface area contributed by atoms with Gasteiger partial charge in [-0.3, -0.25) is 4.90 Å². The maximum Gasteiger partial charge on any atom is 0.119 e. The van der Waals surface area contributed by atoms with E-state index in [2.05, 4.69) is 11.0 Å². The molecule has 0 bridgehead atoms. The van der Waals surface area contributed by atoms with Gasteiger partial charge in [-0.1, -0.05) is 42.0 Å². The van der Waals surface area contributed by atoms with Crippen LogP contribution in [0.25, 0.3) is 0 Å². The van der Waals surface area contributed by atoms with E-state index >= 15 is 0 Å². The van der Waals surface area contributed by atoms with Crippen molar-refractivity contribution >= 4 is 0 Å². The lowest BCUT2D eigenvalue weighted by atomic mass is 10.1. The van der Waals surface area contributed by atoms with E-state index in [0.29, 0.717) is 6.54 Å². The second-order valence-electron chi connectivity index (χ2n) is 5.47. The molecule has 2 aromatic rings. The number of hydrogen-bond donors (Lipinski definition) is 1. The third-order valence-electron chi connectivity index (χ3n) is 3.53. The van der Waals surface area contributed by atoms with Gasteiger partial charge in [0.1, 0.15) is 5.75 Å². The molecule has 112 valence electrons. The van der Waals surface area contributed by atoms with Crippen LogP contribution < -0.4 is 4.74 Å². The summed E-state index contributed by atoms with van der Waals surface area (Å²) in [6.45, 7) is 3.42. The van der Waals surface area contributed by atoms with Crippen molar-refractivity contribution in [3.05, 3.63) is 65.2 Å². The van der Waals surface area contributed by atoms with Crippen LogP contribution in [0.1, 0.15) is 22.8 Å². The molecular formula is C18H23NO2. The highest BCUT2D eigenvalue weighted by atomic mass is 16.5. The van der Waals surface area contributed by atoms with Crippen molar-refractivity contribution in [2.45, 2.75) is 19.6 Å². The van der Waals surface area contributed by atoms with Gasteiger partial charge in [0.2, 0.25) is 0 Å². The van der Waals surface area contributed by atoms with E-state index in [0.717, 1.165) is 17.9 Å². The summed E-state index contributed by atoms with van der Waals surface area (Å²) >= 11 is 0. The first-order chi connectivity index (χ1) is 10.1. The van der Waals surface area contributed by atoms with Crippen molar-refractivity contribution < 1.29 is 9.84 Å². The van der Waals surface area contributed by atoms with Crippen LogP contribution in [-0.4, -0.2) is 30.7 Å². The maximum absolute atomic E-state index is 10.3. The second kappa shape index (κ2) is 7.25. The van der Waals surface area contributed by atoms with E-state index in [-0.39, 0.29) is 0 Å². The first-order valence-corrected chi connectivity index (χ1v) is 7.14. The standard InChI is InChI=1S/C18H23NO2/c1-14-7-9-16(10-8-14)18(20)13-19(2)12-15-5-4-6-17(11-15)21-3/h4-11,18,20H,12-13H2,1-3H3. The molecule has 0 saturated carbocycles. The maximum atomic E-state index is 10.3. The smallest absolute Gasteiger partial charge is 0.119 e. The van der Waals surface area contributed by atoms with Crippen LogP contribution in [-0.2, 0) is 6.54 Å². The Kier molecular flexibility index (Phi) is 5.37. The van der Waals surface area contributed by atoms with Gasteiger partial charge in [0.05, 0.1) is 13.2 Å². The van der Waals surface area contributed by atoms with Crippen LogP contribution in [0.5, 0.6) is 5.75 Å². The Morgan fingerprint density at radius 1 is 1.14 bits per heavy atom. The first-order valence-electron chi connectivity index (χ1n) is 7.14. The van der Waals surface area contributed by atoms with Gasteiger partial charge < -0.3 is 9.84 Å². The predicted octanol–water partition coefficient (Wildman–Crippen LogP) is 3.17. The topological polar surface area (TPSA) is 32.7 Å². The molecule has 0 radical (unpaired) electrons. The monoisotopic (exact) mass is 285 g/mol. The van der Waals surface area contributed by atoms with E-state index in [4.69, 9.17) is 4.74 Å². The summed E-state index contributed by atoms with van der Waals surface area (Å²) in [6.07, 6.45) is -0.471. The molecule has 0 aliphatic heterocycles. The molecule has 0 aliphatic carbocycles. The Labute approximate surface area is 126 Å². The Hall–Kier alpha value is -1.84. The Balaban J connectivity index is 1.94. The summed E-state index contributed by atoms with van der Waals surface area (Å²) < 4.78 is 5.23. The lowest BCUT2D eigenvalue weighted by Gasteiger charge is -2.21. The van der Waals surface area contributed by atoms with Crippen molar-refractivity contribution in [1.29, 1.82) is 0 Å². The molecule has 0 amide bonds. The van der Waals surface area contributed by atoms with Crippen molar-refractivity contribution in [3.63, 3.8) is 0 Å². The van der Waals surface area contributed by atoms with Gasteiger partial charge in [-0.05, 0) is 37.2 Å².